The van der Waals surface area contributed by atoms with Gasteiger partial charge in [-0.15, -0.1) is 11.3 Å². The smallest absolute Gasteiger partial charge is 0.205 e. The van der Waals surface area contributed by atoms with Crippen molar-refractivity contribution in [2.24, 2.45) is 0 Å². The van der Waals surface area contributed by atoms with Crippen LogP contribution in [0.25, 0.3) is 33.0 Å². The molecule has 1 aliphatic carbocycles. The molecule has 0 saturated heterocycles. The molecular formula is C30H22N2OS. The molecule has 164 valence electrons. The van der Waals surface area contributed by atoms with Crippen LogP contribution in [0.2, 0.25) is 0 Å². The van der Waals surface area contributed by atoms with Crippen LogP contribution in [0.15, 0.2) is 91.0 Å². The zero-order chi connectivity index (χ0) is 23.1. The fraction of sp³-hybridized carbons (Fsp3) is 0.0667. The number of aromatic nitrogens is 1. The Morgan fingerprint density at radius 3 is 2.21 bits per heavy atom. The molecule has 0 saturated carbocycles. The van der Waals surface area contributed by atoms with Gasteiger partial charge >= 0.3 is 0 Å². The molecule has 0 amide bonds. The van der Waals surface area contributed by atoms with E-state index in [-0.39, 0.29) is 5.78 Å². The maximum atomic E-state index is 13.3. The highest BCUT2D eigenvalue weighted by molar-refractivity contribution is 7.21. The van der Waals surface area contributed by atoms with Crippen LogP contribution in [0.1, 0.15) is 38.5 Å². The zero-order valence-electron chi connectivity index (χ0n) is 18.5. The highest BCUT2D eigenvalue weighted by Gasteiger charge is 2.28. The van der Waals surface area contributed by atoms with E-state index >= 15 is 0 Å². The van der Waals surface area contributed by atoms with Crippen molar-refractivity contribution in [1.82, 2.24) is 4.98 Å². The quantitative estimate of drug-likeness (QED) is 0.288. The van der Waals surface area contributed by atoms with Gasteiger partial charge in [-0.25, -0.2) is 4.98 Å². The lowest BCUT2D eigenvalue weighted by atomic mass is 9.95. The fourth-order valence-electron chi connectivity index (χ4n) is 4.78. The third-order valence-electron chi connectivity index (χ3n) is 6.37. The summed E-state index contributed by atoms with van der Waals surface area (Å²) in [7, 11) is 0. The van der Waals surface area contributed by atoms with Gasteiger partial charge < -0.3 is 5.73 Å². The van der Waals surface area contributed by atoms with Gasteiger partial charge in [-0.05, 0) is 46.7 Å². The van der Waals surface area contributed by atoms with Gasteiger partial charge in [0.1, 0.15) is 9.71 Å². The topological polar surface area (TPSA) is 56.0 Å². The van der Waals surface area contributed by atoms with E-state index in [0.717, 1.165) is 39.9 Å². The van der Waals surface area contributed by atoms with Gasteiger partial charge in [0, 0.05) is 10.9 Å². The minimum absolute atomic E-state index is 0.0553. The van der Waals surface area contributed by atoms with Crippen molar-refractivity contribution < 1.29 is 4.79 Å². The molecule has 2 heterocycles. The maximum Gasteiger partial charge on any atom is 0.205 e. The Morgan fingerprint density at radius 1 is 0.853 bits per heavy atom. The number of pyridine rings is 1. The Balaban J connectivity index is 1.60. The van der Waals surface area contributed by atoms with E-state index in [9.17, 15) is 4.79 Å². The molecule has 0 bridgehead atoms. The second-order valence-electron chi connectivity index (χ2n) is 8.48. The average molecular weight is 459 g/mol. The summed E-state index contributed by atoms with van der Waals surface area (Å²) in [5.74, 6) is -0.0553. The number of nitrogens with zero attached hydrogens (tertiary/aromatic N) is 1. The summed E-state index contributed by atoms with van der Waals surface area (Å²) in [5.41, 5.74) is 14.7. The fourth-order valence-corrected chi connectivity index (χ4v) is 5.85. The van der Waals surface area contributed by atoms with Crippen LogP contribution in [-0.2, 0) is 6.42 Å². The first-order valence-electron chi connectivity index (χ1n) is 11.4. The van der Waals surface area contributed by atoms with E-state index in [1.54, 1.807) is 0 Å². The Hall–Kier alpha value is -4.02. The molecule has 2 aromatic heterocycles. The molecule has 0 aliphatic heterocycles. The third kappa shape index (κ3) is 3.44. The summed E-state index contributed by atoms with van der Waals surface area (Å²) in [4.78, 5) is 19.8. The molecule has 1 aliphatic rings. The van der Waals surface area contributed by atoms with E-state index in [1.165, 1.54) is 28.0 Å². The summed E-state index contributed by atoms with van der Waals surface area (Å²) in [6.07, 6.45) is 4.06. The van der Waals surface area contributed by atoms with Crippen molar-refractivity contribution in [1.29, 1.82) is 0 Å². The Labute approximate surface area is 202 Å². The lowest BCUT2D eigenvalue weighted by Gasteiger charge is -2.12. The molecule has 0 unspecified atom stereocenters. The predicted molar refractivity (Wildman–Crippen MR) is 142 cm³/mol. The molecule has 0 radical (unpaired) electrons. The zero-order valence-corrected chi connectivity index (χ0v) is 19.3. The Kier molecular flexibility index (Phi) is 5.08. The van der Waals surface area contributed by atoms with Gasteiger partial charge in [0.25, 0.3) is 0 Å². The molecule has 34 heavy (non-hydrogen) atoms. The van der Waals surface area contributed by atoms with Crippen LogP contribution < -0.4 is 5.73 Å². The van der Waals surface area contributed by atoms with Crippen LogP contribution >= 0.6 is 11.3 Å². The molecule has 3 aromatic carbocycles. The number of hydrogen-bond acceptors (Lipinski definition) is 4. The third-order valence-corrected chi connectivity index (χ3v) is 7.47. The molecule has 0 spiro atoms. The first kappa shape index (κ1) is 20.6. The molecule has 4 heteroatoms. The van der Waals surface area contributed by atoms with Gasteiger partial charge in [-0.2, -0.15) is 0 Å². The number of thiophene rings is 1. The standard InChI is InChI=1S/C30H22N2OS/c31-26-25-24(20-12-6-2-7-13-20)23-17-16-22(18-19-10-4-1-5-11-19)27(23)32-30(25)34-29(26)28(33)21-14-8-3-9-15-21/h1-15,18H,16-17,31H2/b22-18-. The predicted octanol–water partition coefficient (Wildman–Crippen LogP) is 7.26. The first-order chi connectivity index (χ1) is 16.7. The normalized spacial score (nSPS) is 13.9. The van der Waals surface area contributed by atoms with Gasteiger partial charge in [0.05, 0.1) is 11.4 Å². The summed E-state index contributed by atoms with van der Waals surface area (Å²) in [6.45, 7) is 0. The number of carbonyl (C=O) groups excluding carboxylic acids is 1. The number of benzene rings is 3. The number of rotatable bonds is 4. The van der Waals surface area contributed by atoms with Crippen molar-refractivity contribution in [2.45, 2.75) is 12.8 Å². The van der Waals surface area contributed by atoms with E-state index < -0.39 is 0 Å². The molecule has 0 fully saturated rings. The van der Waals surface area contributed by atoms with E-state index in [0.29, 0.717) is 16.1 Å². The van der Waals surface area contributed by atoms with E-state index in [2.05, 4.69) is 42.5 Å². The number of fused-ring (bicyclic) bond motifs is 2. The monoisotopic (exact) mass is 458 g/mol. The number of nitrogens with two attached hydrogens (primary N) is 1. The highest BCUT2D eigenvalue weighted by Crippen LogP contribution is 2.47. The van der Waals surface area contributed by atoms with E-state index in [1.807, 2.05) is 54.6 Å². The first-order valence-corrected chi connectivity index (χ1v) is 12.2. The largest absolute Gasteiger partial charge is 0.397 e. The molecule has 6 rings (SSSR count). The summed E-state index contributed by atoms with van der Waals surface area (Å²) in [5, 5.41) is 0.898. The molecule has 5 aromatic rings. The highest BCUT2D eigenvalue weighted by atomic mass is 32.1. The average Bonchev–Trinajstić information content (AvgIpc) is 3.44. The number of anilines is 1. The number of allylic oxidation sites excluding steroid dienone is 1. The van der Waals surface area contributed by atoms with Crippen molar-refractivity contribution in [3.8, 4) is 11.1 Å². The van der Waals surface area contributed by atoms with Crippen LogP contribution in [0, 0.1) is 0 Å². The summed E-state index contributed by atoms with van der Waals surface area (Å²) < 4.78 is 0. The lowest BCUT2D eigenvalue weighted by Crippen LogP contribution is -2.02. The second-order valence-corrected chi connectivity index (χ2v) is 9.48. The van der Waals surface area contributed by atoms with E-state index in [4.69, 9.17) is 10.7 Å². The number of hydrogen-bond donors (Lipinski definition) is 1. The maximum absolute atomic E-state index is 13.3. The Morgan fingerprint density at radius 2 is 1.50 bits per heavy atom. The second kappa shape index (κ2) is 8.40. The SMILES string of the molecule is Nc1c(C(=O)c2ccccc2)sc2nc3c(c(-c4ccccc4)c12)CC/C3=C/c1ccccc1. The van der Waals surface area contributed by atoms with Crippen LogP contribution in [-0.4, -0.2) is 10.8 Å². The number of carbonyl (C=O) groups is 1. The Bertz CT molecular complexity index is 1550. The van der Waals surface area contributed by atoms with Gasteiger partial charge in [0.2, 0.25) is 5.78 Å². The van der Waals surface area contributed by atoms with Crippen molar-refractivity contribution in [2.75, 3.05) is 5.73 Å². The van der Waals surface area contributed by atoms with Crippen molar-refractivity contribution in [3.05, 3.63) is 118 Å². The van der Waals surface area contributed by atoms with Crippen LogP contribution in [0.3, 0.4) is 0 Å². The minimum atomic E-state index is -0.0553. The van der Waals surface area contributed by atoms with Gasteiger partial charge in [-0.1, -0.05) is 91.0 Å². The van der Waals surface area contributed by atoms with Crippen LogP contribution in [0.4, 0.5) is 5.69 Å². The molecular weight excluding hydrogens is 436 g/mol. The minimum Gasteiger partial charge on any atom is -0.397 e. The van der Waals surface area contributed by atoms with Crippen LogP contribution in [0.5, 0.6) is 0 Å². The van der Waals surface area contributed by atoms with Crippen molar-refractivity contribution >= 4 is 44.7 Å². The van der Waals surface area contributed by atoms with Crippen molar-refractivity contribution in [3.63, 3.8) is 0 Å². The number of nitrogen functional groups attached to an aromatic ring is 1. The number of ketones is 1. The van der Waals surface area contributed by atoms with Gasteiger partial charge in [0.15, 0.2) is 0 Å². The van der Waals surface area contributed by atoms with Gasteiger partial charge in [-0.3, -0.25) is 4.79 Å². The molecule has 2 N–H and O–H groups in total. The summed E-state index contributed by atoms with van der Waals surface area (Å²) in [6, 6.07) is 30.0. The lowest BCUT2D eigenvalue weighted by molar-refractivity contribution is 0.104. The molecule has 3 nitrogen and oxygen atoms in total. The molecule has 0 atom stereocenters. The summed E-state index contributed by atoms with van der Waals surface area (Å²) >= 11 is 1.40.